The molecule has 0 aromatic rings. The van der Waals surface area contributed by atoms with Gasteiger partial charge in [-0.2, -0.15) is 0 Å². The van der Waals surface area contributed by atoms with Crippen LogP contribution in [0.2, 0.25) is 0 Å². The van der Waals surface area contributed by atoms with Crippen molar-refractivity contribution < 1.29 is 9.90 Å². The van der Waals surface area contributed by atoms with E-state index in [-0.39, 0.29) is 0 Å². The van der Waals surface area contributed by atoms with E-state index in [1.807, 2.05) is 0 Å². The SMILES string of the molecule is CCC1(CC)CCN(CC2(C(=O)O)CCC(C)CC2)C1. The van der Waals surface area contributed by atoms with Crippen molar-refractivity contribution in [2.24, 2.45) is 16.7 Å². The molecule has 0 radical (unpaired) electrons. The Morgan fingerprint density at radius 3 is 2.25 bits per heavy atom. The molecule has 2 aliphatic rings. The summed E-state index contributed by atoms with van der Waals surface area (Å²) in [6.07, 6.45) is 7.57. The van der Waals surface area contributed by atoms with E-state index in [1.54, 1.807) is 0 Å². The Labute approximate surface area is 123 Å². The zero-order valence-corrected chi connectivity index (χ0v) is 13.5. The van der Waals surface area contributed by atoms with Gasteiger partial charge in [0, 0.05) is 13.1 Å². The number of carbonyl (C=O) groups is 1. The predicted octanol–water partition coefficient (Wildman–Crippen LogP) is 3.78. The van der Waals surface area contributed by atoms with E-state index in [9.17, 15) is 9.90 Å². The molecule has 0 unspecified atom stereocenters. The number of nitrogens with zero attached hydrogens (tertiary/aromatic N) is 1. The fraction of sp³-hybridized carbons (Fsp3) is 0.941. The summed E-state index contributed by atoms with van der Waals surface area (Å²) in [5.41, 5.74) is -0.0221. The van der Waals surface area contributed by atoms with Gasteiger partial charge in [-0.25, -0.2) is 0 Å². The van der Waals surface area contributed by atoms with Gasteiger partial charge in [0.25, 0.3) is 0 Å². The summed E-state index contributed by atoms with van der Waals surface area (Å²) in [5.74, 6) is 0.140. The third-order valence-electron chi connectivity index (χ3n) is 6.23. The highest BCUT2D eigenvalue weighted by Crippen LogP contribution is 2.43. The molecule has 2 fully saturated rings. The van der Waals surface area contributed by atoms with E-state index < -0.39 is 11.4 Å². The molecule has 1 N–H and O–H groups in total. The molecule has 1 saturated carbocycles. The molecule has 0 spiro atoms. The van der Waals surface area contributed by atoms with Crippen LogP contribution in [0.15, 0.2) is 0 Å². The smallest absolute Gasteiger partial charge is 0.310 e. The van der Waals surface area contributed by atoms with Crippen molar-refractivity contribution in [1.29, 1.82) is 0 Å². The number of likely N-dealkylation sites (tertiary alicyclic amines) is 1. The van der Waals surface area contributed by atoms with Crippen molar-refractivity contribution in [2.75, 3.05) is 19.6 Å². The van der Waals surface area contributed by atoms with Crippen molar-refractivity contribution in [2.45, 2.75) is 65.7 Å². The van der Waals surface area contributed by atoms with E-state index >= 15 is 0 Å². The van der Waals surface area contributed by atoms with Crippen LogP contribution in [0.4, 0.5) is 0 Å². The Bertz CT molecular complexity index is 341. The molecule has 1 aliphatic heterocycles. The number of carboxylic acid groups (broad SMARTS) is 1. The number of hydrogen-bond donors (Lipinski definition) is 1. The highest BCUT2D eigenvalue weighted by Gasteiger charge is 2.45. The minimum atomic E-state index is -0.560. The van der Waals surface area contributed by atoms with Crippen LogP contribution in [0.3, 0.4) is 0 Å². The summed E-state index contributed by atoms with van der Waals surface area (Å²) >= 11 is 0. The van der Waals surface area contributed by atoms with Crippen LogP contribution < -0.4 is 0 Å². The van der Waals surface area contributed by atoms with Gasteiger partial charge in [-0.1, -0.05) is 20.8 Å². The Morgan fingerprint density at radius 2 is 1.80 bits per heavy atom. The lowest BCUT2D eigenvalue weighted by Crippen LogP contribution is -2.45. The van der Waals surface area contributed by atoms with Crippen molar-refractivity contribution in [3.8, 4) is 0 Å². The normalized spacial score (nSPS) is 34.2. The monoisotopic (exact) mass is 281 g/mol. The quantitative estimate of drug-likeness (QED) is 0.833. The van der Waals surface area contributed by atoms with Crippen molar-refractivity contribution in [3.05, 3.63) is 0 Å². The average molecular weight is 281 g/mol. The zero-order chi connectivity index (χ0) is 14.8. The van der Waals surface area contributed by atoms with Gasteiger partial charge in [0.2, 0.25) is 0 Å². The topological polar surface area (TPSA) is 40.5 Å². The lowest BCUT2D eigenvalue weighted by Gasteiger charge is -2.39. The van der Waals surface area contributed by atoms with Crippen LogP contribution in [0.1, 0.15) is 65.7 Å². The lowest BCUT2D eigenvalue weighted by atomic mass is 9.70. The number of carboxylic acids is 1. The summed E-state index contributed by atoms with van der Waals surface area (Å²) in [7, 11) is 0. The van der Waals surface area contributed by atoms with Crippen LogP contribution in [0.5, 0.6) is 0 Å². The number of aliphatic carboxylic acids is 1. The molecule has 1 saturated heterocycles. The molecule has 0 bridgehead atoms. The van der Waals surface area contributed by atoms with Crippen molar-refractivity contribution in [3.63, 3.8) is 0 Å². The second-order valence-electron chi connectivity index (χ2n) is 7.44. The standard InChI is InChI=1S/C17H31NO2/c1-4-16(5-2)10-11-18(12-16)13-17(15(19)20)8-6-14(3)7-9-17/h14H,4-13H2,1-3H3,(H,19,20). The maximum absolute atomic E-state index is 11.8. The summed E-state index contributed by atoms with van der Waals surface area (Å²) < 4.78 is 0. The van der Waals surface area contributed by atoms with Crippen LogP contribution in [0, 0.1) is 16.7 Å². The Balaban J connectivity index is 2.02. The minimum absolute atomic E-state index is 0.446. The Hall–Kier alpha value is -0.570. The number of hydrogen-bond acceptors (Lipinski definition) is 2. The second-order valence-corrected chi connectivity index (χ2v) is 7.44. The molecule has 0 aromatic carbocycles. The summed E-state index contributed by atoms with van der Waals surface area (Å²) in [5, 5.41) is 9.75. The third-order valence-corrected chi connectivity index (χ3v) is 6.23. The second kappa shape index (κ2) is 6.05. The van der Waals surface area contributed by atoms with E-state index in [1.165, 1.54) is 19.3 Å². The molecule has 0 atom stereocenters. The first-order chi connectivity index (χ1) is 9.45. The fourth-order valence-electron chi connectivity index (χ4n) is 4.17. The molecular formula is C17H31NO2. The van der Waals surface area contributed by atoms with Gasteiger partial charge >= 0.3 is 5.97 Å². The maximum atomic E-state index is 11.8. The average Bonchev–Trinajstić information content (AvgIpc) is 2.85. The molecule has 3 nitrogen and oxygen atoms in total. The van der Waals surface area contributed by atoms with Gasteiger partial charge in [-0.05, 0) is 62.8 Å². The molecule has 116 valence electrons. The molecule has 1 heterocycles. The van der Waals surface area contributed by atoms with Gasteiger partial charge in [0.1, 0.15) is 0 Å². The Morgan fingerprint density at radius 1 is 1.20 bits per heavy atom. The van der Waals surface area contributed by atoms with Crippen LogP contribution in [0.25, 0.3) is 0 Å². The van der Waals surface area contributed by atoms with E-state index in [0.29, 0.717) is 11.3 Å². The van der Waals surface area contributed by atoms with Gasteiger partial charge in [-0.15, -0.1) is 0 Å². The third kappa shape index (κ3) is 3.03. The zero-order valence-electron chi connectivity index (χ0n) is 13.5. The molecule has 20 heavy (non-hydrogen) atoms. The van der Waals surface area contributed by atoms with Gasteiger partial charge in [0.05, 0.1) is 5.41 Å². The predicted molar refractivity (Wildman–Crippen MR) is 81.8 cm³/mol. The molecule has 3 heteroatoms. The number of rotatable bonds is 5. The first-order valence-electron chi connectivity index (χ1n) is 8.41. The first kappa shape index (κ1) is 15.8. The molecule has 0 amide bonds. The van der Waals surface area contributed by atoms with Crippen LogP contribution in [-0.4, -0.2) is 35.6 Å². The van der Waals surface area contributed by atoms with Crippen LogP contribution in [-0.2, 0) is 4.79 Å². The summed E-state index contributed by atoms with van der Waals surface area (Å²) in [6, 6.07) is 0. The fourth-order valence-corrected chi connectivity index (χ4v) is 4.17. The van der Waals surface area contributed by atoms with E-state index in [4.69, 9.17) is 0 Å². The Kier molecular flexibility index (Phi) is 4.78. The highest BCUT2D eigenvalue weighted by molar-refractivity contribution is 5.75. The van der Waals surface area contributed by atoms with Crippen LogP contribution >= 0.6 is 0 Å². The summed E-state index contributed by atoms with van der Waals surface area (Å²) in [4.78, 5) is 14.3. The van der Waals surface area contributed by atoms with Gasteiger partial charge in [-0.3, -0.25) is 4.79 Å². The van der Waals surface area contributed by atoms with Crippen molar-refractivity contribution in [1.82, 2.24) is 4.90 Å². The highest BCUT2D eigenvalue weighted by atomic mass is 16.4. The van der Waals surface area contributed by atoms with Crippen molar-refractivity contribution >= 4 is 5.97 Å². The summed E-state index contributed by atoms with van der Waals surface area (Å²) in [6.45, 7) is 9.78. The largest absolute Gasteiger partial charge is 0.481 e. The lowest BCUT2D eigenvalue weighted by molar-refractivity contribution is -0.153. The van der Waals surface area contributed by atoms with E-state index in [2.05, 4.69) is 25.7 Å². The maximum Gasteiger partial charge on any atom is 0.310 e. The van der Waals surface area contributed by atoms with Gasteiger partial charge < -0.3 is 10.0 Å². The minimum Gasteiger partial charge on any atom is -0.481 e. The first-order valence-corrected chi connectivity index (χ1v) is 8.41. The van der Waals surface area contributed by atoms with Gasteiger partial charge in [0.15, 0.2) is 0 Å². The van der Waals surface area contributed by atoms with E-state index in [0.717, 1.165) is 45.3 Å². The molecule has 1 aliphatic carbocycles. The molecule has 2 rings (SSSR count). The molecule has 0 aromatic heterocycles. The molecular weight excluding hydrogens is 250 g/mol.